The lowest BCUT2D eigenvalue weighted by molar-refractivity contribution is -0.0505. The Balaban J connectivity index is 1.88. The standard InChI is InChI=1S/C12H12F2N2O/c1-6-5-7-10(9(14)8(6)13)16-11(15(7)16)12(17)3-2-4-12/h5,11,17H,2-4H2,1H3. The molecule has 0 bridgehead atoms. The van der Waals surface area contributed by atoms with Gasteiger partial charge in [0.1, 0.15) is 11.1 Å². The van der Waals surface area contributed by atoms with Crippen LogP contribution >= 0.6 is 0 Å². The molecule has 2 aliphatic rings. The first-order chi connectivity index (χ1) is 8.04. The summed E-state index contributed by atoms with van der Waals surface area (Å²) in [7, 11) is 0. The Morgan fingerprint density at radius 2 is 2.00 bits per heavy atom. The Labute approximate surface area is 96.2 Å². The third-order valence-electron chi connectivity index (χ3n) is 4.16. The molecule has 4 rings (SSSR count). The molecular weight excluding hydrogens is 226 g/mol. The van der Waals surface area contributed by atoms with Gasteiger partial charge in [0.15, 0.2) is 17.8 Å². The summed E-state index contributed by atoms with van der Waals surface area (Å²) in [5.41, 5.74) is 0.577. The molecule has 1 aromatic heterocycles. The SMILES string of the molecule is Cc1cc2c(c(F)c1F)n1n2C1C1(O)CCC1. The smallest absolute Gasteiger partial charge is 0.186 e. The van der Waals surface area contributed by atoms with Gasteiger partial charge in [-0.2, -0.15) is 0 Å². The van der Waals surface area contributed by atoms with Gasteiger partial charge in [0.05, 0.1) is 5.52 Å². The summed E-state index contributed by atoms with van der Waals surface area (Å²) < 4.78 is 30.7. The van der Waals surface area contributed by atoms with Crippen LogP contribution in [0.1, 0.15) is 31.0 Å². The van der Waals surface area contributed by atoms with E-state index >= 15 is 0 Å². The van der Waals surface area contributed by atoms with E-state index in [0.29, 0.717) is 16.6 Å². The molecule has 1 aromatic carbocycles. The van der Waals surface area contributed by atoms with Crippen molar-refractivity contribution >= 4 is 11.0 Å². The molecule has 0 spiro atoms. The van der Waals surface area contributed by atoms with Crippen LogP contribution in [0.25, 0.3) is 11.0 Å². The van der Waals surface area contributed by atoms with Gasteiger partial charge in [-0.15, -0.1) is 0 Å². The molecule has 90 valence electrons. The van der Waals surface area contributed by atoms with Crippen LogP contribution in [0.5, 0.6) is 0 Å². The predicted octanol–water partition coefficient (Wildman–Crippen LogP) is 2.30. The van der Waals surface area contributed by atoms with E-state index in [1.54, 1.807) is 17.7 Å². The fourth-order valence-corrected chi connectivity index (χ4v) is 2.98. The van der Waals surface area contributed by atoms with Crippen LogP contribution < -0.4 is 0 Å². The quantitative estimate of drug-likeness (QED) is 0.811. The minimum Gasteiger partial charge on any atom is -0.386 e. The van der Waals surface area contributed by atoms with Crippen molar-refractivity contribution in [1.29, 1.82) is 0 Å². The predicted molar refractivity (Wildman–Crippen MR) is 57.8 cm³/mol. The molecule has 2 heterocycles. The van der Waals surface area contributed by atoms with Gasteiger partial charge in [-0.1, -0.05) is 0 Å². The van der Waals surface area contributed by atoms with Crippen LogP contribution in [0, 0.1) is 18.6 Å². The summed E-state index contributed by atoms with van der Waals surface area (Å²) in [6, 6.07) is 1.65. The summed E-state index contributed by atoms with van der Waals surface area (Å²) >= 11 is 0. The first-order valence-electron chi connectivity index (χ1n) is 5.84. The highest BCUT2D eigenvalue weighted by Gasteiger charge is 2.56. The van der Waals surface area contributed by atoms with E-state index in [2.05, 4.69) is 0 Å². The second-order valence-electron chi connectivity index (χ2n) is 5.21. The molecule has 0 radical (unpaired) electrons. The number of rotatable bonds is 1. The second-order valence-corrected chi connectivity index (χ2v) is 5.21. The van der Waals surface area contributed by atoms with E-state index in [-0.39, 0.29) is 6.17 Å². The third kappa shape index (κ3) is 0.912. The van der Waals surface area contributed by atoms with E-state index in [1.807, 2.05) is 4.68 Å². The molecule has 1 aliphatic carbocycles. The topological polar surface area (TPSA) is 30.1 Å². The van der Waals surface area contributed by atoms with Gasteiger partial charge in [-0.05, 0) is 37.8 Å². The lowest BCUT2D eigenvalue weighted by atomic mass is 9.79. The van der Waals surface area contributed by atoms with Crippen molar-refractivity contribution in [3.63, 3.8) is 0 Å². The Hall–Kier alpha value is -1.36. The second kappa shape index (κ2) is 2.56. The summed E-state index contributed by atoms with van der Waals surface area (Å²) in [6.07, 6.45) is 2.30. The maximum absolute atomic E-state index is 13.7. The minimum atomic E-state index is -0.790. The average Bonchev–Trinajstić information content (AvgIpc) is 2.89. The molecule has 1 atom stereocenters. The Morgan fingerprint density at radius 3 is 2.59 bits per heavy atom. The molecule has 5 heteroatoms. The van der Waals surface area contributed by atoms with E-state index in [0.717, 1.165) is 19.3 Å². The molecule has 1 unspecified atom stereocenters. The number of fused-ring (bicyclic) bond motifs is 4. The zero-order valence-corrected chi connectivity index (χ0v) is 9.37. The van der Waals surface area contributed by atoms with Gasteiger partial charge >= 0.3 is 0 Å². The van der Waals surface area contributed by atoms with Gasteiger partial charge in [0, 0.05) is 0 Å². The maximum atomic E-state index is 13.7. The maximum Gasteiger partial charge on any atom is 0.186 e. The lowest BCUT2D eigenvalue weighted by Crippen LogP contribution is -2.39. The van der Waals surface area contributed by atoms with Crippen LogP contribution in [0.3, 0.4) is 0 Å². The Kier molecular flexibility index (Phi) is 1.45. The third-order valence-corrected chi connectivity index (χ3v) is 4.16. The van der Waals surface area contributed by atoms with Gasteiger partial charge in [-0.3, -0.25) is 9.36 Å². The zero-order valence-electron chi connectivity index (χ0n) is 9.37. The van der Waals surface area contributed by atoms with Crippen molar-refractivity contribution in [3.05, 3.63) is 23.3 Å². The molecule has 0 amide bonds. The number of halogens is 2. The van der Waals surface area contributed by atoms with Crippen molar-refractivity contribution < 1.29 is 13.9 Å². The van der Waals surface area contributed by atoms with Gasteiger partial charge in [0.25, 0.3) is 0 Å². The molecule has 17 heavy (non-hydrogen) atoms. The van der Waals surface area contributed by atoms with Crippen molar-refractivity contribution in [1.82, 2.24) is 9.36 Å². The Morgan fingerprint density at radius 1 is 1.29 bits per heavy atom. The zero-order chi connectivity index (χ0) is 11.9. The van der Waals surface area contributed by atoms with Gasteiger partial charge < -0.3 is 5.11 Å². The summed E-state index contributed by atoms with van der Waals surface area (Å²) in [6.45, 7) is 1.55. The Bertz CT molecular complexity index is 651. The largest absolute Gasteiger partial charge is 0.386 e. The van der Waals surface area contributed by atoms with Crippen LogP contribution in [0.15, 0.2) is 6.07 Å². The number of aliphatic hydroxyl groups is 1. The fourth-order valence-electron chi connectivity index (χ4n) is 2.98. The number of nitrogens with zero attached hydrogens (tertiary/aromatic N) is 2. The van der Waals surface area contributed by atoms with E-state index in [1.165, 1.54) is 0 Å². The van der Waals surface area contributed by atoms with Crippen molar-refractivity contribution in [2.45, 2.75) is 38.0 Å². The molecule has 2 aromatic rings. The van der Waals surface area contributed by atoms with Crippen LogP contribution in [0.2, 0.25) is 0 Å². The van der Waals surface area contributed by atoms with Crippen molar-refractivity contribution in [3.8, 4) is 0 Å². The van der Waals surface area contributed by atoms with E-state index < -0.39 is 17.2 Å². The molecule has 1 fully saturated rings. The highest BCUT2D eigenvalue weighted by Crippen LogP contribution is 2.53. The molecule has 0 saturated heterocycles. The van der Waals surface area contributed by atoms with Crippen LogP contribution in [-0.2, 0) is 0 Å². The minimum absolute atomic E-state index is 0.179. The number of hydrogen-bond acceptors (Lipinski definition) is 1. The fraction of sp³-hybridized carbons (Fsp3) is 0.500. The summed E-state index contributed by atoms with van der Waals surface area (Å²) in [5.74, 6) is -1.57. The number of benzene rings is 1. The van der Waals surface area contributed by atoms with Crippen LogP contribution in [-0.4, -0.2) is 20.1 Å². The average molecular weight is 238 g/mol. The highest BCUT2D eigenvalue weighted by molar-refractivity contribution is 5.83. The first kappa shape index (κ1) is 9.65. The van der Waals surface area contributed by atoms with E-state index in [9.17, 15) is 13.9 Å². The number of aromatic nitrogens is 2. The van der Waals surface area contributed by atoms with Crippen LogP contribution in [0.4, 0.5) is 8.78 Å². The molecule has 3 nitrogen and oxygen atoms in total. The number of aryl methyl sites for hydroxylation is 1. The summed E-state index contributed by atoms with van der Waals surface area (Å²) in [4.78, 5) is 0. The molecular formula is C12H12F2N2O. The lowest BCUT2D eigenvalue weighted by Gasteiger charge is -2.34. The molecule has 1 saturated carbocycles. The van der Waals surface area contributed by atoms with Gasteiger partial charge in [0.2, 0.25) is 0 Å². The summed E-state index contributed by atoms with van der Waals surface area (Å²) in [5, 5.41) is 10.2. The highest BCUT2D eigenvalue weighted by atomic mass is 19.2. The van der Waals surface area contributed by atoms with Gasteiger partial charge in [-0.25, -0.2) is 8.78 Å². The normalized spacial score (nSPS) is 24.8. The van der Waals surface area contributed by atoms with Crippen molar-refractivity contribution in [2.24, 2.45) is 0 Å². The number of hydrogen-bond donors (Lipinski definition) is 1. The molecule has 1 aliphatic heterocycles. The van der Waals surface area contributed by atoms with Crippen molar-refractivity contribution in [2.75, 3.05) is 0 Å². The monoisotopic (exact) mass is 238 g/mol. The molecule has 1 N–H and O–H groups in total. The van der Waals surface area contributed by atoms with E-state index in [4.69, 9.17) is 0 Å². The first-order valence-corrected chi connectivity index (χ1v) is 5.84.